The molecule has 0 bridgehead atoms. The molecular weight excluding hydrogens is 271 g/mol. The van der Waals surface area contributed by atoms with Gasteiger partial charge in [-0.3, -0.25) is 4.79 Å². The van der Waals surface area contributed by atoms with Crippen molar-refractivity contribution in [2.24, 2.45) is 0 Å². The fourth-order valence-corrected chi connectivity index (χ4v) is 1.82. The normalized spacial score (nSPS) is 10.6. The maximum absolute atomic E-state index is 13.4. The van der Waals surface area contributed by atoms with E-state index in [1.807, 2.05) is 0 Å². The molecule has 106 valence electrons. The van der Waals surface area contributed by atoms with E-state index >= 15 is 0 Å². The minimum absolute atomic E-state index is 0.160. The lowest BCUT2D eigenvalue weighted by molar-refractivity contribution is 0.101. The number of aromatic nitrogens is 1. The molecule has 1 heterocycles. The van der Waals surface area contributed by atoms with Crippen LogP contribution in [0.5, 0.6) is 0 Å². The van der Waals surface area contributed by atoms with Gasteiger partial charge in [-0.15, -0.1) is 0 Å². The van der Waals surface area contributed by atoms with Crippen molar-refractivity contribution in [1.29, 1.82) is 0 Å². The van der Waals surface area contributed by atoms with Gasteiger partial charge in [-0.05, 0) is 13.0 Å². The molecule has 0 spiro atoms. The highest BCUT2D eigenvalue weighted by atomic mass is 19.1. The molecule has 0 atom stereocenters. The Kier molecular flexibility index (Phi) is 3.69. The summed E-state index contributed by atoms with van der Waals surface area (Å²) in [7, 11) is 0. The SMILES string of the molecule is CCn1cc(N)cc1C(=O)Nc1c(F)cc(F)cc1F. The van der Waals surface area contributed by atoms with Gasteiger partial charge in [-0.1, -0.05) is 0 Å². The van der Waals surface area contributed by atoms with Gasteiger partial charge in [0.2, 0.25) is 0 Å². The zero-order valence-corrected chi connectivity index (χ0v) is 10.6. The fraction of sp³-hybridized carbons (Fsp3) is 0.154. The second-order valence-corrected chi connectivity index (χ2v) is 4.14. The second-order valence-electron chi connectivity index (χ2n) is 4.14. The van der Waals surface area contributed by atoms with Gasteiger partial charge < -0.3 is 15.6 Å². The van der Waals surface area contributed by atoms with Crippen molar-refractivity contribution in [1.82, 2.24) is 4.57 Å². The third-order valence-corrected chi connectivity index (χ3v) is 2.74. The number of benzene rings is 1. The summed E-state index contributed by atoms with van der Waals surface area (Å²) >= 11 is 0. The van der Waals surface area contributed by atoms with Crippen molar-refractivity contribution in [3.63, 3.8) is 0 Å². The number of amides is 1. The number of nitrogen functional groups attached to an aromatic ring is 1. The molecule has 2 aromatic rings. The highest BCUT2D eigenvalue weighted by molar-refractivity contribution is 6.04. The largest absolute Gasteiger partial charge is 0.397 e. The molecular formula is C13H12F3N3O. The first-order chi connectivity index (χ1) is 9.42. The molecule has 0 saturated carbocycles. The summed E-state index contributed by atoms with van der Waals surface area (Å²) in [6, 6.07) is 2.37. The lowest BCUT2D eigenvalue weighted by Crippen LogP contribution is -2.18. The Morgan fingerprint density at radius 3 is 2.40 bits per heavy atom. The number of hydrogen-bond donors (Lipinski definition) is 2. The van der Waals surface area contributed by atoms with E-state index in [1.54, 1.807) is 6.92 Å². The summed E-state index contributed by atoms with van der Waals surface area (Å²) in [5.41, 5.74) is 5.39. The highest BCUT2D eigenvalue weighted by Crippen LogP contribution is 2.21. The van der Waals surface area contributed by atoms with Gasteiger partial charge in [0.15, 0.2) is 11.6 Å². The third kappa shape index (κ3) is 2.61. The number of anilines is 2. The van der Waals surface area contributed by atoms with Crippen molar-refractivity contribution in [3.05, 3.63) is 47.5 Å². The van der Waals surface area contributed by atoms with Crippen LogP contribution in [0.2, 0.25) is 0 Å². The Morgan fingerprint density at radius 2 is 1.85 bits per heavy atom. The molecule has 0 unspecified atom stereocenters. The predicted molar refractivity (Wildman–Crippen MR) is 68.8 cm³/mol. The highest BCUT2D eigenvalue weighted by Gasteiger charge is 2.18. The van der Waals surface area contributed by atoms with E-state index < -0.39 is 29.0 Å². The van der Waals surface area contributed by atoms with Gasteiger partial charge >= 0.3 is 0 Å². The lowest BCUT2D eigenvalue weighted by atomic mass is 10.2. The van der Waals surface area contributed by atoms with Crippen molar-refractivity contribution >= 4 is 17.3 Å². The summed E-state index contributed by atoms with van der Waals surface area (Å²) in [5, 5.41) is 2.08. The zero-order chi connectivity index (χ0) is 14.9. The molecule has 0 aliphatic rings. The number of hydrogen-bond acceptors (Lipinski definition) is 2. The Hall–Kier alpha value is -2.44. The molecule has 20 heavy (non-hydrogen) atoms. The number of carbonyl (C=O) groups is 1. The van der Waals surface area contributed by atoms with Crippen LogP contribution >= 0.6 is 0 Å². The average molecular weight is 283 g/mol. The number of nitrogens with one attached hydrogen (secondary N) is 1. The van der Waals surface area contributed by atoms with Crippen LogP contribution in [-0.4, -0.2) is 10.5 Å². The molecule has 1 aromatic heterocycles. The van der Waals surface area contributed by atoms with E-state index in [2.05, 4.69) is 5.32 Å². The summed E-state index contributed by atoms with van der Waals surface area (Å²) in [6.07, 6.45) is 1.53. The van der Waals surface area contributed by atoms with E-state index in [0.717, 1.165) is 0 Å². The predicted octanol–water partition coefficient (Wildman–Crippen LogP) is 2.76. The van der Waals surface area contributed by atoms with Crippen LogP contribution < -0.4 is 11.1 Å². The van der Waals surface area contributed by atoms with Gasteiger partial charge in [-0.25, -0.2) is 13.2 Å². The van der Waals surface area contributed by atoms with E-state index in [4.69, 9.17) is 5.73 Å². The molecule has 0 fully saturated rings. The monoisotopic (exact) mass is 283 g/mol. The van der Waals surface area contributed by atoms with Crippen LogP contribution in [0.4, 0.5) is 24.5 Å². The lowest BCUT2D eigenvalue weighted by Gasteiger charge is -2.09. The molecule has 1 amide bonds. The first-order valence-corrected chi connectivity index (χ1v) is 5.84. The van der Waals surface area contributed by atoms with Crippen molar-refractivity contribution in [3.8, 4) is 0 Å². The van der Waals surface area contributed by atoms with E-state index in [1.165, 1.54) is 16.8 Å². The first kappa shape index (κ1) is 14.0. The van der Waals surface area contributed by atoms with Crippen molar-refractivity contribution in [2.45, 2.75) is 13.5 Å². The van der Waals surface area contributed by atoms with E-state index in [-0.39, 0.29) is 5.69 Å². The molecule has 0 aliphatic carbocycles. The number of rotatable bonds is 3. The first-order valence-electron chi connectivity index (χ1n) is 5.84. The van der Waals surface area contributed by atoms with Crippen LogP contribution in [0.15, 0.2) is 24.4 Å². The van der Waals surface area contributed by atoms with E-state index in [9.17, 15) is 18.0 Å². The zero-order valence-electron chi connectivity index (χ0n) is 10.6. The fourth-order valence-electron chi connectivity index (χ4n) is 1.82. The summed E-state index contributed by atoms with van der Waals surface area (Å²) < 4.78 is 41.2. The Labute approximate surface area is 113 Å². The smallest absolute Gasteiger partial charge is 0.272 e. The molecule has 1 aromatic carbocycles. The average Bonchev–Trinajstić information content (AvgIpc) is 2.75. The summed E-state index contributed by atoms with van der Waals surface area (Å²) in [5.74, 6) is -4.15. The number of nitrogens with two attached hydrogens (primary N) is 1. The third-order valence-electron chi connectivity index (χ3n) is 2.74. The maximum atomic E-state index is 13.4. The minimum atomic E-state index is -1.18. The molecule has 3 N–H and O–H groups in total. The van der Waals surface area contributed by atoms with Crippen molar-refractivity contribution < 1.29 is 18.0 Å². The number of halogens is 3. The van der Waals surface area contributed by atoms with Crippen LogP contribution in [0.25, 0.3) is 0 Å². The van der Waals surface area contributed by atoms with Crippen LogP contribution in [0.1, 0.15) is 17.4 Å². The second kappa shape index (κ2) is 5.28. The number of nitrogens with zero attached hydrogens (tertiary/aromatic N) is 1. The summed E-state index contributed by atoms with van der Waals surface area (Å²) in [6.45, 7) is 2.25. The topological polar surface area (TPSA) is 60.0 Å². The van der Waals surface area contributed by atoms with Gasteiger partial charge in [-0.2, -0.15) is 0 Å². The summed E-state index contributed by atoms with van der Waals surface area (Å²) in [4.78, 5) is 12.0. The van der Waals surface area contributed by atoms with Crippen LogP contribution in [-0.2, 0) is 6.54 Å². The molecule has 4 nitrogen and oxygen atoms in total. The molecule has 0 aliphatic heterocycles. The van der Waals surface area contributed by atoms with Crippen LogP contribution in [0.3, 0.4) is 0 Å². The van der Waals surface area contributed by atoms with Crippen LogP contribution in [0, 0.1) is 17.5 Å². The Bertz CT molecular complexity index is 644. The van der Waals surface area contributed by atoms with E-state index in [0.29, 0.717) is 24.4 Å². The maximum Gasteiger partial charge on any atom is 0.272 e. The molecule has 2 rings (SSSR count). The number of carbonyl (C=O) groups excluding carboxylic acids is 1. The molecule has 0 saturated heterocycles. The van der Waals surface area contributed by atoms with Crippen molar-refractivity contribution in [2.75, 3.05) is 11.1 Å². The molecule has 7 heteroatoms. The Balaban J connectivity index is 2.32. The van der Waals surface area contributed by atoms with Gasteiger partial charge in [0.25, 0.3) is 5.91 Å². The van der Waals surface area contributed by atoms with Gasteiger partial charge in [0.1, 0.15) is 17.2 Å². The Morgan fingerprint density at radius 1 is 1.25 bits per heavy atom. The minimum Gasteiger partial charge on any atom is -0.397 e. The van der Waals surface area contributed by atoms with Gasteiger partial charge in [0, 0.05) is 24.9 Å². The number of aryl methyl sites for hydroxylation is 1. The standard InChI is InChI=1S/C13H12F3N3O/c1-2-19-6-8(17)5-11(19)13(20)18-12-9(15)3-7(14)4-10(12)16/h3-6H,2,17H2,1H3,(H,18,20). The molecule has 0 radical (unpaired) electrons. The quantitative estimate of drug-likeness (QED) is 0.910. The van der Waals surface area contributed by atoms with Gasteiger partial charge in [0.05, 0.1) is 5.69 Å².